The van der Waals surface area contributed by atoms with Gasteiger partial charge in [-0.3, -0.25) is 4.72 Å². The minimum absolute atomic E-state index is 0.806. The predicted octanol–water partition coefficient (Wildman–Crippen LogP) is 2.22. The molecule has 1 N–H and O–H groups in total. The molecule has 0 saturated carbocycles. The van der Waals surface area contributed by atoms with Gasteiger partial charge < -0.3 is 0 Å². The molecule has 1 aromatic rings. The molecule has 0 saturated heterocycles. The number of benzene rings is 1. The molecule has 0 aliphatic carbocycles. The summed E-state index contributed by atoms with van der Waals surface area (Å²) >= 11 is 0. The predicted molar refractivity (Wildman–Crippen MR) is 48.8 cm³/mol. The summed E-state index contributed by atoms with van der Waals surface area (Å²) in [5.74, 6) is 0. The number of para-hydroxylation sites is 1. The second kappa shape index (κ2) is 3.74. The molecule has 2 nitrogen and oxygen atoms in total. The summed E-state index contributed by atoms with van der Waals surface area (Å²) in [4.78, 5) is 0. The fourth-order valence-corrected chi connectivity index (χ4v) is 1.43. The van der Waals surface area contributed by atoms with Crippen LogP contribution in [-0.2, 0) is 10.2 Å². The van der Waals surface area contributed by atoms with E-state index in [4.69, 9.17) is 10.7 Å². The van der Waals surface area contributed by atoms with Gasteiger partial charge in [0.25, 0.3) is 0 Å². The Kier molecular flexibility index (Phi) is 2.91. The molecule has 0 amide bonds. The number of nitrogens with one attached hydrogen (secondary N) is 1. The largest absolute Gasteiger partial charge is 0.292 e. The van der Waals surface area contributed by atoms with E-state index in [9.17, 15) is 4.21 Å². The molecule has 0 radical (unpaired) electrons. The second-order valence-corrected chi connectivity index (χ2v) is 3.63. The van der Waals surface area contributed by atoms with E-state index in [2.05, 4.69) is 4.72 Å². The van der Waals surface area contributed by atoms with Crippen molar-refractivity contribution in [3.63, 3.8) is 0 Å². The maximum Gasteiger partial charge on any atom is 0.215 e. The van der Waals surface area contributed by atoms with Crippen LogP contribution in [0.15, 0.2) is 24.3 Å². The standard InChI is InChI=1S/C7H8ClNOS/c1-6-4-2-3-5-7(6)9-11(8)10/h2-5,9H,1H3. The summed E-state index contributed by atoms with van der Waals surface area (Å²) < 4.78 is 13.1. The van der Waals surface area contributed by atoms with Crippen LogP contribution in [0, 0.1) is 6.92 Å². The third-order valence-electron chi connectivity index (χ3n) is 1.34. The fraction of sp³-hybridized carbons (Fsp3) is 0.143. The van der Waals surface area contributed by atoms with Gasteiger partial charge >= 0.3 is 0 Å². The SMILES string of the molecule is Cc1ccccc1NS(=O)Cl. The van der Waals surface area contributed by atoms with E-state index in [-0.39, 0.29) is 0 Å². The van der Waals surface area contributed by atoms with E-state index in [1.165, 1.54) is 0 Å². The van der Waals surface area contributed by atoms with Crippen LogP contribution >= 0.6 is 10.7 Å². The van der Waals surface area contributed by atoms with Crippen LogP contribution in [-0.4, -0.2) is 4.21 Å². The highest BCUT2D eigenvalue weighted by Gasteiger charge is 1.96. The van der Waals surface area contributed by atoms with Gasteiger partial charge in [-0.05, 0) is 18.6 Å². The number of rotatable bonds is 2. The molecule has 60 valence electrons. The van der Waals surface area contributed by atoms with Crippen molar-refractivity contribution < 1.29 is 4.21 Å². The first kappa shape index (κ1) is 8.56. The molecule has 0 bridgehead atoms. The van der Waals surface area contributed by atoms with E-state index >= 15 is 0 Å². The summed E-state index contributed by atoms with van der Waals surface area (Å²) in [5, 5.41) is 0. The van der Waals surface area contributed by atoms with Crippen LogP contribution in [0.25, 0.3) is 0 Å². The van der Waals surface area contributed by atoms with Crippen LogP contribution in [0.1, 0.15) is 5.56 Å². The quantitative estimate of drug-likeness (QED) is 0.711. The van der Waals surface area contributed by atoms with Crippen molar-refractivity contribution in [1.29, 1.82) is 0 Å². The van der Waals surface area contributed by atoms with Crippen molar-refractivity contribution in [3.8, 4) is 0 Å². The van der Waals surface area contributed by atoms with Crippen LogP contribution < -0.4 is 4.72 Å². The summed E-state index contributed by atoms with van der Waals surface area (Å²) in [5.41, 5.74) is 1.84. The van der Waals surface area contributed by atoms with E-state index in [0.717, 1.165) is 11.3 Å². The molecule has 0 aliphatic heterocycles. The molecule has 1 rings (SSSR count). The first-order valence-electron chi connectivity index (χ1n) is 3.10. The highest BCUT2D eigenvalue weighted by atomic mass is 35.7. The van der Waals surface area contributed by atoms with Gasteiger partial charge in [-0.1, -0.05) is 18.2 Å². The van der Waals surface area contributed by atoms with Gasteiger partial charge in [-0.25, -0.2) is 4.21 Å². The molecule has 11 heavy (non-hydrogen) atoms. The van der Waals surface area contributed by atoms with E-state index in [1.807, 2.05) is 31.2 Å². The molecular weight excluding hydrogens is 182 g/mol. The fourth-order valence-electron chi connectivity index (χ4n) is 0.774. The Morgan fingerprint density at radius 2 is 2.09 bits per heavy atom. The lowest BCUT2D eigenvalue weighted by atomic mass is 10.2. The summed E-state index contributed by atoms with van der Waals surface area (Å²) in [6.45, 7) is 1.92. The van der Waals surface area contributed by atoms with Crippen LogP contribution in [0.3, 0.4) is 0 Å². The molecule has 0 spiro atoms. The van der Waals surface area contributed by atoms with Crippen molar-refractivity contribution in [1.82, 2.24) is 0 Å². The zero-order valence-electron chi connectivity index (χ0n) is 6.00. The zero-order chi connectivity index (χ0) is 8.27. The molecule has 1 aromatic carbocycles. The molecule has 0 aliphatic rings. The molecule has 0 aromatic heterocycles. The molecule has 0 heterocycles. The van der Waals surface area contributed by atoms with Gasteiger partial charge in [-0.15, -0.1) is 0 Å². The monoisotopic (exact) mass is 189 g/mol. The summed E-state index contributed by atoms with van der Waals surface area (Å²) in [6, 6.07) is 7.53. The Balaban J connectivity index is 2.86. The Morgan fingerprint density at radius 3 is 2.64 bits per heavy atom. The Bertz CT molecular complexity index is 277. The van der Waals surface area contributed by atoms with Crippen molar-refractivity contribution in [2.24, 2.45) is 0 Å². The Hall–Kier alpha value is -0.540. The number of halogens is 1. The van der Waals surface area contributed by atoms with Gasteiger partial charge in [0, 0.05) is 10.7 Å². The first-order chi connectivity index (χ1) is 5.20. The molecule has 4 heteroatoms. The van der Waals surface area contributed by atoms with Crippen LogP contribution in [0.2, 0.25) is 0 Å². The van der Waals surface area contributed by atoms with E-state index in [0.29, 0.717) is 0 Å². The first-order valence-corrected chi connectivity index (χ1v) is 5.08. The average molecular weight is 190 g/mol. The van der Waals surface area contributed by atoms with Gasteiger partial charge in [0.15, 0.2) is 0 Å². The van der Waals surface area contributed by atoms with Gasteiger partial charge in [0.1, 0.15) is 0 Å². The maximum atomic E-state index is 10.5. The molecule has 0 fully saturated rings. The van der Waals surface area contributed by atoms with Crippen molar-refractivity contribution in [3.05, 3.63) is 29.8 Å². The lowest BCUT2D eigenvalue weighted by Gasteiger charge is -2.02. The number of hydrogen-bond acceptors (Lipinski definition) is 1. The molecule has 1 atom stereocenters. The highest BCUT2D eigenvalue weighted by molar-refractivity contribution is 8.09. The topological polar surface area (TPSA) is 29.1 Å². The van der Waals surface area contributed by atoms with Crippen LogP contribution in [0.4, 0.5) is 5.69 Å². The summed E-state index contributed by atoms with van der Waals surface area (Å²) in [6.07, 6.45) is 0. The minimum Gasteiger partial charge on any atom is -0.292 e. The smallest absolute Gasteiger partial charge is 0.215 e. The number of anilines is 1. The lowest BCUT2D eigenvalue weighted by Crippen LogP contribution is -1.97. The van der Waals surface area contributed by atoms with E-state index in [1.54, 1.807) is 0 Å². The lowest BCUT2D eigenvalue weighted by molar-refractivity contribution is 0.694. The third kappa shape index (κ3) is 2.52. The number of hydrogen-bond donors (Lipinski definition) is 1. The van der Waals surface area contributed by atoms with Crippen LogP contribution in [0.5, 0.6) is 0 Å². The van der Waals surface area contributed by atoms with E-state index < -0.39 is 10.2 Å². The highest BCUT2D eigenvalue weighted by Crippen LogP contribution is 2.14. The van der Waals surface area contributed by atoms with Gasteiger partial charge in [0.2, 0.25) is 10.2 Å². The molecule has 1 unspecified atom stereocenters. The minimum atomic E-state index is -1.50. The van der Waals surface area contributed by atoms with Crippen molar-refractivity contribution in [2.45, 2.75) is 6.92 Å². The normalized spacial score (nSPS) is 12.5. The molecular formula is C7H8ClNOS. The average Bonchev–Trinajstić information content (AvgIpc) is 1.93. The second-order valence-electron chi connectivity index (χ2n) is 2.14. The van der Waals surface area contributed by atoms with Crippen molar-refractivity contribution in [2.75, 3.05) is 4.72 Å². The zero-order valence-corrected chi connectivity index (χ0v) is 7.58. The Morgan fingerprint density at radius 1 is 1.45 bits per heavy atom. The van der Waals surface area contributed by atoms with Crippen molar-refractivity contribution >= 4 is 26.6 Å². The third-order valence-corrected chi connectivity index (χ3v) is 1.95. The maximum absolute atomic E-state index is 10.5. The number of aryl methyl sites for hydroxylation is 1. The Labute approximate surface area is 72.7 Å². The summed E-state index contributed by atoms with van der Waals surface area (Å²) in [7, 11) is 3.74. The van der Waals surface area contributed by atoms with Gasteiger partial charge in [-0.2, -0.15) is 0 Å². The van der Waals surface area contributed by atoms with Gasteiger partial charge in [0.05, 0.1) is 5.69 Å².